The summed E-state index contributed by atoms with van der Waals surface area (Å²) in [5.41, 5.74) is 7.29. The van der Waals surface area contributed by atoms with Gasteiger partial charge in [0.2, 0.25) is 0 Å². The van der Waals surface area contributed by atoms with Crippen molar-refractivity contribution in [2.75, 3.05) is 18.0 Å². The normalized spacial score (nSPS) is 19.9. The molecule has 1 saturated heterocycles. The predicted molar refractivity (Wildman–Crippen MR) is 84.8 cm³/mol. The number of aromatic nitrogens is 1. The highest BCUT2D eigenvalue weighted by Gasteiger charge is 2.27. The van der Waals surface area contributed by atoms with Crippen LogP contribution in [-0.4, -0.2) is 35.1 Å². The molecule has 2 heterocycles. The summed E-state index contributed by atoms with van der Waals surface area (Å²) < 4.78 is 0. The average molecular weight is 284 g/mol. The number of nitrogens with zero attached hydrogens (tertiary/aromatic N) is 2. The summed E-state index contributed by atoms with van der Waals surface area (Å²) in [4.78, 5) is 6.85. The molecule has 1 aliphatic heterocycles. The fourth-order valence-electron chi connectivity index (χ4n) is 2.94. The Labute approximate surface area is 123 Å². The maximum absolute atomic E-state index is 9.73. The summed E-state index contributed by atoms with van der Waals surface area (Å²) in [5.74, 6) is 1.17. The van der Waals surface area contributed by atoms with Gasteiger partial charge >= 0.3 is 0 Å². The lowest BCUT2D eigenvalue weighted by Crippen LogP contribution is -2.25. The van der Waals surface area contributed by atoms with E-state index in [0.29, 0.717) is 0 Å². The van der Waals surface area contributed by atoms with Gasteiger partial charge in [-0.2, -0.15) is 0 Å². The van der Waals surface area contributed by atoms with Crippen LogP contribution in [0.15, 0.2) is 30.3 Å². The SMILES string of the molecule is CC(O)C1CCN(c2cc(C(=N)N)c3ccccc3n2)C1. The highest BCUT2D eigenvalue weighted by Crippen LogP contribution is 2.28. The molecule has 1 fully saturated rings. The van der Waals surface area contributed by atoms with Crippen LogP contribution in [0.1, 0.15) is 18.9 Å². The quantitative estimate of drug-likeness (QED) is 0.592. The van der Waals surface area contributed by atoms with Gasteiger partial charge in [-0.3, -0.25) is 5.41 Å². The molecule has 0 radical (unpaired) electrons. The molecule has 2 atom stereocenters. The monoisotopic (exact) mass is 284 g/mol. The predicted octanol–water partition coefficient (Wildman–Crippen LogP) is 1.73. The van der Waals surface area contributed by atoms with E-state index in [9.17, 15) is 5.11 Å². The van der Waals surface area contributed by atoms with Gasteiger partial charge in [-0.25, -0.2) is 4.98 Å². The number of pyridine rings is 1. The molecule has 1 aromatic heterocycles. The maximum atomic E-state index is 9.73. The molecule has 2 unspecified atom stereocenters. The number of benzene rings is 1. The highest BCUT2D eigenvalue weighted by molar-refractivity contribution is 6.07. The largest absolute Gasteiger partial charge is 0.393 e. The minimum absolute atomic E-state index is 0.0566. The number of hydrogen-bond acceptors (Lipinski definition) is 4. The van der Waals surface area contributed by atoms with Crippen molar-refractivity contribution in [2.45, 2.75) is 19.4 Å². The zero-order valence-corrected chi connectivity index (χ0v) is 12.1. The molecule has 5 nitrogen and oxygen atoms in total. The van der Waals surface area contributed by atoms with Crippen LogP contribution in [0, 0.1) is 11.3 Å². The number of para-hydroxylation sites is 1. The number of amidine groups is 1. The molecule has 2 aromatic rings. The number of aliphatic hydroxyl groups excluding tert-OH is 1. The topological polar surface area (TPSA) is 86.2 Å². The van der Waals surface area contributed by atoms with Crippen molar-refractivity contribution < 1.29 is 5.11 Å². The molecule has 0 bridgehead atoms. The van der Waals surface area contributed by atoms with Crippen molar-refractivity contribution in [3.8, 4) is 0 Å². The Morgan fingerprint density at radius 2 is 2.24 bits per heavy atom. The number of nitrogen functional groups attached to an aromatic ring is 1. The van der Waals surface area contributed by atoms with Gasteiger partial charge in [0.25, 0.3) is 0 Å². The fraction of sp³-hybridized carbons (Fsp3) is 0.375. The standard InChI is InChI=1S/C16H20N4O/c1-10(21)11-6-7-20(9-11)15-8-13(16(17)18)12-4-2-3-5-14(12)19-15/h2-5,8,10-11,21H,6-7,9H2,1H3,(H3,17,18). The van der Waals surface area contributed by atoms with Gasteiger partial charge < -0.3 is 15.7 Å². The van der Waals surface area contributed by atoms with Crippen LogP contribution in [0.3, 0.4) is 0 Å². The summed E-state index contributed by atoms with van der Waals surface area (Å²) >= 11 is 0. The molecule has 1 aliphatic rings. The van der Waals surface area contributed by atoms with Gasteiger partial charge in [-0.15, -0.1) is 0 Å². The van der Waals surface area contributed by atoms with E-state index in [1.807, 2.05) is 37.3 Å². The van der Waals surface area contributed by atoms with Gasteiger partial charge in [0.05, 0.1) is 11.6 Å². The number of hydrogen-bond donors (Lipinski definition) is 3. The van der Waals surface area contributed by atoms with Crippen molar-refractivity contribution in [1.29, 1.82) is 5.41 Å². The molecule has 3 rings (SSSR count). The van der Waals surface area contributed by atoms with Crippen molar-refractivity contribution in [3.05, 3.63) is 35.9 Å². The zero-order valence-electron chi connectivity index (χ0n) is 12.1. The summed E-state index contributed by atoms with van der Waals surface area (Å²) in [5, 5.41) is 18.4. The van der Waals surface area contributed by atoms with Crippen molar-refractivity contribution in [1.82, 2.24) is 4.98 Å². The lowest BCUT2D eigenvalue weighted by Gasteiger charge is -2.20. The fourth-order valence-corrected chi connectivity index (χ4v) is 2.94. The zero-order chi connectivity index (χ0) is 15.0. The van der Waals surface area contributed by atoms with Crippen LogP contribution in [0.4, 0.5) is 5.82 Å². The number of fused-ring (bicyclic) bond motifs is 1. The molecule has 0 amide bonds. The molecular weight excluding hydrogens is 264 g/mol. The molecular formula is C16H20N4O. The summed E-state index contributed by atoms with van der Waals surface area (Å²) in [6, 6.07) is 9.62. The Balaban J connectivity index is 2.02. The number of nitrogens with one attached hydrogen (secondary N) is 1. The minimum atomic E-state index is -0.303. The van der Waals surface area contributed by atoms with Crippen LogP contribution >= 0.6 is 0 Å². The maximum Gasteiger partial charge on any atom is 0.129 e. The van der Waals surface area contributed by atoms with Crippen LogP contribution in [0.5, 0.6) is 0 Å². The Morgan fingerprint density at radius 1 is 1.48 bits per heavy atom. The first-order chi connectivity index (χ1) is 10.1. The van der Waals surface area contributed by atoms with Gasteiger partial charge in [0, 0.05) is 30.0 Å². The second-order valence-electron chi connectivity index (χ2n) is 5.69. The van der Waals surface area contributed by atoms with Crippen LogP contribution < -0.4 is 10.6 Å². The molecule has 0 spiro atoms. The third-order valence-corrected chi connectivity index (χ3v) is 4.22. The van der Waals surface area contributed by atoms with Gasteiger partial charge in [-0.1, -0.05) is 18.2 Å². The first-order valence-electron chi connectivity index (χ1n) is 7.23. The van der Waals surface area contributed by atoms with Crippen LogP contribution in [0.25, 0.3) is 10.9 Å². The molecule has 110 valence electrons. The average Bonchev–Trinajstić information content (AvgIpc) is 2.96. The Hall–Kier alpha value is -2.14. The van der Waals surface area contributed by atoms with E-state index in [-0.39, 0.29) is 17.9 Å². The first-order valence-corrected chi connectivity index (χ1v) is 7.23. The third-order valence-electron chi connectivity index (χ3n) is 4.22. The van der Waals surface area contributed by atoms with Crippen LogP contribution in [-0.2, 0) is 0 Å². The molecule has 5 heteroatoms. The smallest absolute Gasteiger partial charge is 0.129 e. The Bertz CT molecular complexity index is 683. The summed E-state index contributed by atoms with van der Waals surface area (Å²) in [7, 11) is 0. The van der Waals surface area contributed by atoms with Crippen molar-refractivity contribution >= 4 is 22.6 Å². The number of nitrogens with two attached hydrogens (primary N) is 1. The van der Waals surface area contributed by atoms with Gasteiger partial charge in [0.1, 0.15) is 11.7 Å². The third kappa shape index (κ3) is 2.56. The molecule has 0 saturated carbocycles. The molecule has 21 heavy (non-hydrogen) atoms. The molecule has 0 aliphatic carbocycles. The Morgan fingerprint density at radius 3 is 2.90 bits per heavy atom. The summed E-state index contributed by atoms with van der Waals surface area (Å²) in [6.45, 7) is 3.50. The van der Waals surface area contributed by atoms with Crippen molar-refractivity contribution in [3.63, 3.8) is 0 Å². The number of aliphatic hydroxyl groups is 1. The number of rotatable bonds is 3. The van der Waals surface area contributed by atoms with Crippen LogP contribution in [0.2, 0.25) is 0 Å². The van der Waals surface area contributed by atoms with E-state index >= 15 is 0 Å². The highest BCUT2D eigenvalue weighted by atomic mass is 16.3. The van der Waals surface area contributed by atoms with E-state index in [4.69, 9.17) is 11.1 Å². The van der Waals surface area contributed by atoms with Crippen molar-refractivity contribution in [2.24, 2.45) is 11.7 Å². The van der Waals surface area contributed by atoms with Gasteiger partial charge in [0.15, 0.2) is 0 Å². The van der Waals surface area contributed by atoms with E-state index in [1.165, 1.54) is 0 Å². The van der Waals surface area contributed by atoms with E-state index in [1.54, 1.807) is 0 Å². The van der Waals surface area contributed by atoms with Gasteiger partial charge in [-0.05, 0) is 25.5 Å². The minimum Gasteiger partial charge on any atom is -0.393 e. The summed E-state index contributed by atoms with van der Waals surface area (Å²) in [6.07, 6.45) is 0.657. The molecule has 1 aromatic carbocycles. The Kier molecular flexibility index (Phi) is 3.51. The lowest BCUT2D eigenvalue weighted by atomic mass is 10.0. The lowest BCUT2D eigenvalue weighted by molar-refractivity contribution is 0.136. The molecule has 4 N–H and O–H groups in total. The van der Waals surface area contributed by atoms with E-state index in [0.717, 1.165) is 41.8 Å². The second-order valence-corrected chi connectivity index (χ2v) is 5.69. The van der Waals surface area contributed by atoms with E-state index < -0.39 is 0 Å². The first kappa shape index (κ1) is 13.8. The number of anilines is 1. The second kappa shape index (κ2) is 5.33. The van der Waals surface area contributed by atoms with E-state index in [2.05, 4.69) is 9.88 Å².